The minimum Gasteiger partial charge on any atom is -0.335 e. The lowest BCUT2D eigenvalue weighted by Crippen LogP contribution is -2.26. The normalized spacial score (nSPS) is 10.9. The fourth-order valence-corrected chi connectivity index (χ4v) is 3.71. The Kier molecular flexibility index (Phi) is 4.47. The zero-order valence-electron chi connectivity index (χ0n) is 11.7. The van der Waals surface area contributed by atoms with E-state index in [1.54, 1.807) is 35.4 Å². The second-order valence-electron chi connectivity index (χ2n) is 4.86. The summed E-state index contributed by atoms with van der Waals surface area (Å²) in [6.45, 7) is 0.459. The number of para-hydroxylation sites is 1. The fourth-order valence-electron chi connectivity index (χ4n) is 2.13. The minimum absolute atomic E-state index is 0.120. The zero-order chi connectivity index (χ0) is 15.7. The smallest absolute Gasteiger partial charge is 0.255 e. The number of carbonyl (C=O) groups excluding carboxylic acids is 1. The molecule has 1 amide bonds. The molecule has 1 heterocycles. The number of nitrogens with zero attached hydrogens (tertiary/aromatic N) is 2. The van der Waals surface area contributed by atoms with Crippen LogP contribution in [0.2, 0.25) is 5.02 Å². The molecule has 0 fully saturated rings. The molecular weight excluding hydrogens is 384 g/mol. The van der Waals surface area contributed by atoms with E-state index < -0.39 is 0 Å². The van der Waals surface area contributed by atoms with Crippen molar-refractivity contribution in [2.75, 3.05) is 7.05 Å². The van der Waals surface area contributed by atoms with Gasteiger partial charge in [0.1, 0.15) is 5.01 Å². The fraction of sp³-hybridized carbons (Fsp3) is 0.125. The molecule has 0 aliphatic rings. The number of benzene rings is 2. The van der Waals surface area contributed by atoms with E-state index in [1.807, 2.05) is 30.3 Å². The van der Waals surface area contributed by atoms with Crippen molar-refractivity contribution in [1.29, 1.82) is 0 Å². The first-order chi connectivity index (χ1) is 10.5. The highest BCUT2D eigenvalue weighted by atomic mass is 79.9. The van der Waals surface area contributed by atoms with Crippen LogP contribution in [0.15, 0.2) is 46.9 Å². The summed E-state index contributed by atoms with van der Waals surface area (Å²) in [6, 6.07) is 13.2. The molecule has 1 aromatic heterocycles. The van der Waals surface area contributed by atoms with Crippen LogP contribution in [0.4, 0.5) is 0 Å². The zero-order valence-corrected chi connectivity index (χ0v) is 14.9. The Bertz CT molecular complexity index is 816. The Labute approximate surface area is 145 Å². The Hall–Kier alpha value is -1.43. The van der Waals surface area contributed by atoms with E-state index in [4.69, 9.17) is 11.6 Å². The van der Waals surface area contributed by atoms with Gasteiger partial charge >= 0.3 is 0 Å². The van der Waals surface area contributed by atoms with E-state index in [1.165, 1.54) is 0 Å². The summed E-state index contributed by atoms with van der Waals surface area (Å²) in [4.78, 5) is 18.7. The maximum atomic E-state index is 12.5. The van der Waals surface area contributed by atoms with Gasteiger partial charge in [0.2, 0.25) is 0 Å². The van der Waals surface area contributed by atoms with Crippen molar-refractivity contribution in [3.05, 3.63) is 62.5 Å². The first kappa shape index (κ1) is 15.5. The average molecular weight is 396 g/mol. The van der Waals surface area contributed by atoms with Crippen molar-refractivity contribution in [3.63, 3.8) is 0 Å². The molecule has 0 N–H and O–H groups in total. The third-order valence-electron chi connectivity index (χ3n) is 3.22. The number of hydrogen-bond donors (Lipinski definition) is 0. The molecule has 0 saturated carbocycles. The second-order valence-corrected chi connectivity index (χ2v) is 7.30. The number of thiazole rings is 1. The topological polar surface area (TPSA) is 33.2 Å². The van der Waals surface area contributed by atoms with Crippen LogP contribution in [0.25, 0.3) is 10.2 Å². The Morgan fingerprint density at radius 2 is 2.09 bits per heavy atom. The van der Waals surface area contributed by atoms with E-state index in [9.17, 15) is 4.79 Å². The molecule has 3 nitrogen and oxygen atoms in total. The third kappa shape index (κ3) is 3.16. The quantitative estimate of drug-likeness (QED) is 0.626. The largest absolute Gasteiger partial charge is 0.335 e. The van der Waals surface area contributed by atoms with Gasteiger partial charge < -0.3 is 4.90 Å². The number of hydrogen-bond acceptors (Lipinski definition) is 3. The summed E-state index contributed by atoms with van der Waals surface area (Å²) in [6.07, 6.45) is 0. The van der Waals surface area contributed by atoms with E-state index in [0.29, 0.717) is 17.1 Å². The van der Waals surface area contributed by atoms with Crippen molar-refractivity contribution in [3.8, 4) is 0 Å². The summed E-state index contributed by atoms with van der Waals surface area (Å²) >= 11 is 11.1. The molecule has 0 unspecified atom stereocenters. The van der Waals surface area contributed by atoms with Crippen molar-refractivity contribution in [2.45, 2.75) is 6.54 Å². The van der Waals surface area contributed by atoms with Crippen LogP contribution in [-0.2, 0) is 6.54 Å². The molecule has 22 heavy (non-hydrogen) atoms. The summed E-state index contributed by atoms with van der Waals surface area (Å²) in [5, 5.41) is 1.35. The lowest BCUT2D eigenvalue weighted by molar-refractivity contribution is 0.0785. The number of rotatable bonds is 3. The van der Waals surface area contributed by atoms with E-state index in [2.05, 4.69) is 20.9 Å². The first-order valence-corrected chi connectivity index (χ1v) is 8.58. The maximum Gasteiger partial charge on any atom is 0.255 e. The Morgan fingerprint density at radius 3 is 2.86 bits per heavy atom. The molecule has 2 aromatic carbocycles. The summed E-state index contributed by atoms with van der Waals surface area (Å²) < 4.78 is 1.95. The van der Waals surface area contributed by atoms with Gasteiger partial charge in [0.05, 0.1) is 27.3 Å². The van der Waals surface area contributed by atoms with Crippen LogP contribution in [0, 0.1) is 0 Å². The van der Waals surface area contributed by atoms with Gasteiger partial charge in [-0.25, -0.2) is 4.98 Å². The number of halogens is 2. The van der Waals surface area contributed by atoms with Gasteiger partial charge in [0.15, 0.2) is 0 Å². The molecule has 0 atom stereocenters. The van der Waals surface area contributed by atoms with Gasteiger partial charge in [0, 0.05) is 11.5 Å². The predicted molar refractivity (Wildman–Crippen MR) is 94.6 cm³/mol. The highest BCUT2D eigenvalue weighted by Crippen LogP contribution is 2.25. The maximum absolute atomic E-state index is 12.5. The molecule has 0 spiro atoms. The summed E-state index contributed by atoms with van der Waals surface area (Å²) in [7, 11) is 1.76. The molecule has 0 bridgehead atoms. The number of aromatic nitrogens is 1. The standard InChI is InChI=1S/C16H12BrClN2OS/c1-20(16(21)11-8-10(17)6-7-12(11)18)9-15-19-13-4-2-3-5-14(13)22-15/h2-8H,9H2,1H3. The summed E-state index contributed by atoms with van der Waals surface area (Å²) in [5.41, 5.74) is 1.45. The van der Waals surface area contributed by atoms with Gasteiger partial charge in [0.25, 0.3) is 5.91 Å². The van der Waals surface area contributed by atoms with Crippen molar-refractivity contribution in [1.82, 2.24) is 9.88 Å². The number of carbonyl (C=O) groups is 1. The molecule has 0 saturated heterocycles. The highest BCUT2D eigenvalue weighted by molar-refractivity contribution is 9.10. The lowest BCUT2D eigenvalue weighted by Gasteiger charge is -2.16. The van der Waals surface area contributed by atoms with Gasteiger partial charge in [-0.2, -0.15) is 0 Å². The van der Waals surface area contributed by atoms with Crippen LogP contribution in [0.5, 0.6) is 0 Å². The van der Waals surface area contributed by atoms with Crippen LogP contribution in [-0.4, -0.2) is 22.8 Å². The summed E-state index contributed by atoms with van der Waals surface area (Å²) in [5.74, 6) is -0.120. The van der Waals surface area contributed by atoms with Crippen LogP contribution in [0.1, 0.15) is 15.4 Å². The third-order valence-corrected chi connectivity index (χ3v) is 5.06. The van der Waals surface area contributed by atoms with Crippen LogP contribution < -0.4 is 0 Å². The van der Waals surface area contributed by atoms with Crippen molar-refractivity contribution < 1.29 is 4.79 Å². The Balaban J connectivity index is 1.82. The molecule has 3 aromatic rings. The molecule has 0 aliphatic carbocycles. The molecular formula is C16H12BrClN2OS. The molecule has 0 radical (unpaired) electrons. The molecule has 6 heteroatoms. The monoisotopic (exact) mass is 394 g/mol. The van der Waals surface area contributed by atoms with Crippen molar-refractivity contribution in [2.24, 2.45) is 0 Å². The lowest BCUT2D eigenvalue weighted by atomic mass is 10.2. The molecule has 112 valence electrons. The van der Waals surface area contributed by atoms with E-state index >= 15 is 0 Å². The first-order valence-electron chi connectivity index (χ1n) is 6.59. The van der Waals surface area contributed by atoms with Gasteiger partial charge in [-0.3, -0.25) is 4.79 Å². The van der Waals surface area contributed by atoms with Gasteiger partial charge in [-0.15, -0.1) is 11.3 Å². The van der Waals surface area contributed by atoms with Crippen LogP contribution >= 0.6 is 38.9 Å². The van der Waals surface area contributed by atoms with E-state index in [-0.39, 0.29) is 5.91 Å². The second kappa shape index (κ2) is 6.36. The predicted octanol–water partition coefficient (Wildman–Crippen LogP) is 4.98. The number of fused-ring (bicyclic) bond motifs is 1. The highest BCUT2D eigenvalue weighted by Gasteiger charge is 2.17. The number of amides is 1. The van der Waals surface area contributed by atoms with Crippen LogP contribution in [0.3, 0.4) is 0 Å². The Morgan fingerprint density at radius 1 is 1.32 bits per heavy atom. The molecule has 0 aliphatic heterocycles. The van der Waals surface area contributed by atoms with Gasteiger partial charge in [-0.05, 0) is 30.3 Å². The molecule has 3 rings (SSSR count). The SMILES string of the molecule is CN(Cc1nc2ccccc2s1)C(=O)c1cc(Br)ccc1Cl. The van der Waals surface area contributed by atoms with Crippen molar-refractivity contribution >= 4 is 55.0 Å². The van der Waals surface area contributed by atoms with Gasteiger partial charge in [-0.1, -0.05) is 39.7 Å². The minimum atomic E-state index is -0.120. The average Bonchev–Trinajstić information content (AvgIpc) is 2.91. The van der Waals surface area contributed by atoms with E-state index in [0.717, 1.165) is 19.7 Å².